The van der Waals surface area contributed by atoms with Gasteiger partial charge in [-0.25, -0.2) is 0 Å². The molecule has 0 fully saturated rings. The van der Waals surface area contributed by atoms with Gasteiger partial charge in [0.25, 0.3) is 0 Å². The van der Waals surface area contributed by atoms with E-state index < -0.39 is 0 Å². The van der Waals surface area contributed by atoms with Gasteiger partial charge in [-0.3, -0.25) is 0 Å². The molecule has 1 aromatic rings. The Bertz CT molecular complexity index is 446. The Morgan fingerprint density at radius 1 is 1.19 bits per heavy atom. The molecule has 0 aliphatic carbocycles. The van der Waals surface area contributed by atoms with Crippen LogP contribution < -0.4 is 4.90 Å². The molecule has 0 saturated heterocycles. The van der Waals surface area contributed by atoms with E-state index in [9.17, 15) is 0 Å². The van der Waals surface area contributed by atoms with Crippen LogP contribution in [0.3, 0.4) is 0 Å². The van der Waals surface area contributed by atoms with Crippen LogP contribution in [0.1, 0.15) is 20.8 Å². The van der Waals surface area contributed by atoms with Gasteiger partial charge < -0.3 is 4.90 Å². The second-order valence-corrected chi connectivity index (χ2v) is 4.72. The fourth-order valence-corrected chi connectivity index (χ4v) is 3.16. The largest absolute Gasteiger partial charge is 0.340 e. The van der Waals surface area contributed by atoms with Crippen LogP contribution in [0.25, 0.3) is 0 Å². The van der Waals surface area contributed by atoms with Crippen molar-refractivity contribution in [2.24, 2.45) is 0 Å². The Labute approximate surface area is 102 Å². The van der Waals surface area contributed by atoms with Crippen LogP contribution in [0.2, 0.25) is 0 Å². The van der Waals surface area contributed by atoms with Crippen LogP contribution in [0, 0.1) is 0 Å². The molecule has 0 atom stereocenters. The van der Waals surface area contributed by atoms with E-state index in [0.29, 0.717) is 0 Å². The number of benzene rings is 1. The van der Waals surface area contributed by atoms with Gasteiger partial charge in [-0.1, -0.05) is 36.0 Å². The van der Waals surface area contributed by atoms with Gasteiger partial charge in [-0.05, 0) is 32.9 Å². The smallest absolute Gasteiger partial charge is 0.0552 e. The van der Waals surface area contributed by atoms with Gasteiger partial charge >= 0.3 is 0 Å². The van der Waals surface area contributed by atoms with E-state index in [1.54, 1.807) is 0 Å². The van der Waals surface area contributed by atoms with Crippen molar-refractivity contribution in [3.8, 4) is 0 Å². The highest BCUT2D eigenvalue weighted by molar-refractivity contribution is 8.03. The molecule has 1 nitrogen and oxygen atoms in total. The lowest BCUT2D eigenvalue weighted by Gasteiger charge is -2.33. The monoisotopic (exact) mass is 231 g/mol. The van der Waals surface area contributed by atoms with Gasteiger partial charge in [0.05, 0.1) is 11.4 Å². The van der Waals surface area contributed by atoms with Crippen LogP contribution in [0.4, 0.5) is 5.69 Å². The number of nitrogens with zero attached hydrogens (tertiary/aromatic N) is 1. The van der Waals surface area contributed by atoms with E-state index in [2.05, 4.69) is 62.1 Å². The second-order valence-electron chi connectivity index (χ2n) is 3.64. The van der Waals surface area contributed by atoms with Crippen molar-refractivity contribution in [1.82, 2.24) is 0 Å². The SMILES string of the molecule is C/C=C1/Sc2ccccc2N(CC)/C1=C/C. The van der Waals surface area contributed by atoms with Gasteiger partial charge in [-0.15, -0.1) is 0 Å². The lowest BCUT2D eigenvalue weighted by Crippen LogP contribution is -2.25. The lowest BCUT2D eigenvalue weighted by molar-refractivity contribution is 0.948. The predicted octanol–water partition coefficient (Wildman–Crippen LogP) is 4.43. The molecule has 1 aromatic carbocycles. The van der Waals surface area contributed by atoms with E-state index in [4.69, 9.17) is 0 Å². The third-order valence-electron chi connectivity index (χ3n) is 2.77. The van der Waals surface area contributed by atoms with Crippen molar-refractivity contribution < 1.29 is 0 Å². The number of allylic oxidation sites excluding steroid dienone is 2. The average molecular weight is 231 g/mol. The summed E-state index contributed by atoms with van der Waals surface area (Å²) in [4.78, 5) is 5.08. The van der Waals surface area contributed by atoms with Crippen molar-refractivity contribution in [3.63, 3.8) is 0 Å². The molecule has 0 bridgehead atoms. The molecule has 1 heterocycles. The predicted molar refractivity (Wildman–Crippen MR) is 72.8 cm³/mol. The molecule has 0 saturated carbocycles. The first kappa shape index (κ1) is 11.3. The molecule has 1 aliphatic rings. The van der Waals surface area contributed by atoms with Gasteiger partial charge in [0, 0.05) is 16.3 Å². The number of hydrogen-bond donors (Lipinski definition) is 0. The van der Waals surface area contributed by atoms with Crippen molar-refractivity contribution in [1.29, 1.82) is 0 Å². The van der Waals surface area contributed by atoms with E-state index >= 15 is 0 Å². The normalized spacial score (nSPS) is 20.3. The number of thioether (sulfide) groups is 1. The molecule has 0 spiro atoms. The summed E-state index contributed by atoms with van der Waals surface area (Å²) < 4.78 is 0. The number of para-hydroxylation sites is 1. The maximum atomic E-state index is 2.38. The quantitative estimate of drug-likeness (QED) is 0.703. The minimum absolute atomic E-state index is 1.01. The Morgan fingerprint density at radius 2 is 1.94 bits per heavy atom. The summed E-state index contributed by atoms with van der Waals surface area (Å²) in [5.41, 5.74) is 2.66. The van der Waals surface area contributed by atoms with E-state index in [-0.39, 0.29) is 0 Å². The fourth-order valence-electron chi connectivity index (χ4n) is 2.05. The fraction of sp³-hybridized carbons (Fsp3) is 0.286. The zero-order valence-electron chi connectivity index (χ0n) is 10.0. The summed E-state index contributed by atoms with van der Waals surface area (Å²) in [5, 5.41) is 0. The Hall–Kier alpha value is -1.15. The molecule has 0 N–H and O–H groups in total. The van der Waals surface area contributed by atoms with Crippen LogP contribution >= 0.6 is 11.8 Å². The molecule has 2 rings (SSSR count). The van der Waals surface area contributed by atoms with Crippen LogP contribution in [0.5, 0.6) is 0 Å². The number of hydrogen-bond acceptors (Lipinski definition) is 2. The molecular formula is C14H17NS. The van der Waals surface area contributed by atoms with Crippen LogP contribution in [-0.4, -0.2) is 6.54 Å². The topological polar surface area (TPSA) is 3.24 Å². The summed E-state index contributed by atoms with van der Waals surface area (Å²) in [5.74, 6) is 0. The molecular weight excluding hydrogens is 214 g/mol. The molecule has 2 heteroatoms. The first-order chi connectivity index (χ1) is 7.81. The van der Waals surface area contributed by atoms with Gasteiger partial charge in [0.15, 0.2) is 0 Å². The first-order valence-corrected chi connectivity index (χ1v) is 6.50. The van der Waals surface area contributed by atoms with E-state index in [1.165, 1.54) is 21.2 Å². The summed E-state index contributed by atoms with van der Waals surface area (Å²) in [7, 11) is 0. The van der Waals surface area contributed by atoms with Gasteiger partial charge in [-0.2, -0.15) is 0 Å². The van der Waals surface area contributed by atoms with E-state index in [0.717, 1.165) is 6.54 Å². The summed E-state index contributed by atoms with van der Waals surface area (Å²) in [6.45, 7) is 7.42. The van der Waals surface area contributed by atoms with Gasteiger partial charge in [0.2, 0.25) is 0 Å². The molecule has 0 amide bonds. The maximum Gasteiger partial charge on any atom is 0.0552 e. The second kappa shape index (κ2) is 4.79. The highest BCUT2D eigenvalue weighted by Gasteiger charge is 2.22. The number of likely N-dealkylation sites (N-methyl/N-ethyl adjacent to an activating group) is 1. The Balaban J connectivity index is 2.56. The number of fused-ring (bicyclic) bond motifs is 1. The van der Waals surface area contributed by atoms with E-state index in [1.807, 2.05) is 11.8 Å². The molecule has 84 valence electrons. The average Bonchev–Trinajstić information content (AvgIpc) is 2.36. The minimum Gasteiger partial charge on any atom is -0.340 e. The lowest BCUT2D eigenvalue weighted by atomic mass is 10.2. The third-order valence-corrected chi connectivity index (χ3v) is 4.00. The molecule has 1 aliphatic heterocycles. The van der Waals surface area contributed by atoms with Gasteiger partial charge in [0.1, 0.15) is 0 Å². The van der Waals surface area contributed by atoms with Crippen molar-refractivity contribution in [2.45, 2.75) is 25.7 Å². The standard InChI is InChI=1S/C14H17NS/c1-4-11-13(5-2)16-14-10-8-7-9-12(14)15(11)6-3/h4-5,7-10H,6H2,1-3H3/b11-4+,13-5+. The highest BCUT2D eigenvalue weighted by Crippen LogP contribution is 2.45. The maximum absolute atomic E-state index is 2.38. The first-order valence-electron chi connectivity index (χ1n) is 5.69. The van der Waals surface area contributed by atoms with Crippen molar-refractivity contribution in [2.75, 3.05) is 11.4 Å². The third kappa shape index (κ3) is 1.78. The molecule has 0 radical (unpaired) electrons. The molecule has 16 heavy (non-hydrogen) atoms. The van der Waals surface area contributed by atoms with Crippen LogP contribution in [-0.2, 0) is 0 Å². The number of anilines is 1. The number of rotatable bonds is 1. The van der Waals surface area contributed by atoms with Crippen molar-refractivity contribution >= 4 is 17.4 Å². The highest BCUT2D eigenvalue weighted by atomic mass is 32.2. The summed E-state index contributed by atoms with van der Waals surface area (Å²) >= 11 is 1.86. The summed E-state index contributed by atoms with van der Waals surface area (Å²) in [6, 6.07) is 8.60. The molecule has 0 aromatic heterocycles. The molecule has 0 unspecified atom stereocenters. The zero-order chi connectivity index (χ0) is 11.5. The zero-order valence-corrected chi connectivity index (χ0v) is 10.8. The Kier molecular flexibility index (Phi) is 3.39. The Morgan fingerprint density at radius 3 is 2.56 bits per heavy atom. The van der Waals surface area contributed by atoms with Crippen LogP contribution in [0.15, 0.2) is 51.9 Å². The summed E-state index contributed by atoms with van der Waals surface area (Å²) in [6.07, 6.45) is 4.39. The minimum atomic E-state index is 1.01. The van der Waals surface area contributed by atoms with Crippen molar-refractivity contribution in [3.05, 3.63) is 47.0 Å².